The molecule has 2 heterocycles. The molecule has 2 aromatic heterocycles. The second-order valence-electron chi connectivity index (χ2n) is 6.24. The number of aliphatic imine (C=N–C) groups is 1. The quantitative estimate of drug-likeness (QED) is 0.275. The maximum Gasteiger partial charge on any atom is 0.216 e. The highest BCUT2D eigenvalue weighted by Gasteiger charge is 2.11. The number of hydrogen-bond acceptors (Lipinski definition) is 5. The summed E-state index contributed by atoms with van der Waals surface area (Å²) in [5, 5.41) is 10.5. The monoisotopic (exact) mass is 510 g/mol. The number of halogens is 1. The third kappa shape index (κ3) is 6.21. The molecule has 0 radical (unpaired) electrons. The van der Waals surface area contributed by atoms with Gasteiger partial charge in [-0.05, 0) is 25.1 Å². The van der Waals surface area contributed by atoms with Gasteiger partial charge in [0.15, 0.2) is 11.7 Å². The second kappa shape index (κ2) is 11.4. The fourth-order valence-corrected chi connectivity index (χ4v) is 2.82. The van der Waals surface area contributed by atoms with Crippen LogP contribution < -0.4 is 10.1 Å². The number of nitrogens with zero attached hydrogens (tertiary/aromatic N) is 4. The van der Waals surface area contributed by atoms with Gasteiger partial charge in [0.1, 0.15) is 11.6 Å². The predicted molar refractivity (Wildman–Crippen MR) is 124 cm³/mol. The summed E-state index contributed by atoms with van der Waals surface area (Å²) < 4.78 is 10.8. The van der Waals surface area contributed by atoms with E-state index in [1.165, 1.54) is 0 Å². The molecule has 0 atom stereocenters. The standard InChI is InChI=1S/C20H26N6O2.HI/c1-4-21-20(26(2)14-15-8-5-6-9-16(15)27-3)22-12-11-18-23-19(25-24-18)17-10-7-13-28-17;/h5-10,13H,4,11-12,14H2,1-3H3,(H,21,22)(H,23,24,25);1H. The molecule has 0 saturated heterocycles. The minimum Gasteiger partial charge on any atom is -0.496 e. The van der Waals surface area contributed by atoms with Gasteiger partial charge in [-0.2, -0.15) is 5.10 Å². The van der Waals surface area contributed by atoms with E-state index >= 15 is 0 Å². The minimum atomic E-state index is 0. The Balaban J connectivity index is 0.00000300. The molecule has 29 heavy (non-hydrogen) atoms. The van der Waals surface area contributed by atoms with Gasteiger partial charge in [0.25, 0.3) is 0 Å². The Bertz CT molecular complexity index is 894. The Morgan fingerprint density at radius 2 is 2.10 bits per heavy atom. The van der Waals surface area contributed by atoms with Crippen LogP contribution in [0.5, 0.6) is 5.75 Å². The summed E-state index contributed by atoms with van der Waals surface area (Å²) in [5.74, 6) is 3.69. The number of guanidine groups is 1. The molecule has 0 bridgehead atoms. The van der Waals surface area contributed by atoms with E-state index < -0.39 is 0 Å². The van der Waals surface area contributed by atoms with Gasteiger partial charge in [-0.1, -0.05) is 18.2 Å². The number of furan rings is 1. The summed E-state index contributed by atoms with van der Waals surface area (Å²) in [6.07, 6.45) is 2.26. The molecule has 1 aromatic carbocycles. The molecule has 0 aliphatic heterocycles. The van der Waals surface area contributed by atoms with Crippen LogP contribution in [-0.2, 0) is 13.0 Å². The number of aromatic amines is 1. The number of benzene rings is 1. The van der Waals surface area contributed by atoms with Crippen LogP contribution in [0.4, 0.5) is 0 Å². The van der Waals surface area contributed by atoms with Gasteiger partial charge in [-0.3, -0.25) is 10.1 Å². The summed E-state index contributed by atoms with van der Waals surface area (Å²) in [7, 11) is 3.70. The molecule has 156 valence electrons. The molecule has 0 aliphatic carbocycles. The molecular formula is C20H27IN6O2. The molecule has 0 aliphatic rings. The lowest BCUT2D eigenvalue weighted by Crippen LogP contribution is -2.38. The van der Waals surface area contributed by atoms with Crippen molar-refractivity contribution in [1.29, 1.82) is 0 Å². The van der Waals surface area contributed by atoms with Crippen molar-refractivity contribution in [2.45, 2.75) is 19.9 Å². The number of ether oxygens (including phenoxy) is 1. The number of hydrogen-bond donors (Lipinski definition) is 2. The van der Waals surface area contributed by atoms with Gasteiger partial charge >= 0.3 is 0 Å². The van der Waals surface area contributed by atoms with Crippen LogP contribution >= 0.6 is 24.0 Å². The van der Waals surface area contributed by atoms with Crippen molar-refractivity contribution in [3.8, 4) is 17.3 Å². The third-order valence-corrected chi connectivity index (χ3v) is 4.18. The van der Waals surface area contributed by atoms with Crippen LogP contribution in [-0.4, -0.2) is 53.3 Å². The van der Waals surface area contributed by atoms with E-state index in [0.717, 1.165) is 29.6 Å². The van der Waals surface area contributed by atoms with Crippen LogP contribution in [0.15, 0.2) is 52.1 Å². The van der Waals surface area contributed by atoms with E-state index in [1.54, 1.807) is 13.4 Å². The topological polar surface area (TPSA) is 91.6 Å². The fraction of sp³-hybridized carbons (Fsp3) is 0.350. The van der Waals surface area contributed by atoms with Gasteiger partial charge in [0.05, 0.1) is 13.4 Å². The summed E-state index contributed by atoms with van der Waals surface area (Å²) in [6.45, 7) is 4.13. The smallest absolute Gasteiger partial charge is 0.216 e. The number of aromatic nitrogens is 3. The molecule has 8 nitrogen and oxygen atoms in total. The van der Waals surface area contributed by atoms with E-state index in [1.807, 2.05) is 37.4 Å². The lowest BCUT2D eigenvalue weighted by Gasteiger charge is -2.23. The summed E-state index contributed by atoms with van der Waals surface area (Å²) >= 11 is 0. The largest absolute Gasteiger partial charge is 0.496 e. The van der Waals surface area contributed by atoms with E-state index in [4.69, 9.17) is 14.1 Å². The van der Waals surface area contributed by atoms with Gasteiger partial charge in [-0.15, -0.1) is 24.0 Å². The highest BCUT2D eigenvalue weighted by molar-refractivity contribution is 14.0. The normalized spacial score (nSPS) is 11.1. The molecule has 0 unspecified atom stereocenters. The fourth-order valence-electron chi connectivity index (χ4n) is 2.82. The molecular weight excluding hydrogens is 483 g/mol. The maximum absolute atomic E-state index is 5.44. The minimum absolute atomic E-state index is 0. The first kappa shape index (κ1) is 22.7. The highest BCUT2D eigenvalue weighted by atomic mass is 127. The number of H-pyrrole nitrogens is 1. The van der Waals surface area contributed by atoms with Crippen LogP contribution in [0.2, 0.25) is 0 Å². The van der Waals surface area contributed by atoms with Crippen molar-refractivity contribution >= 4 is 29.9 Å². The predicted octanol–water partition coefficient (Wildman–Crippen LogP) is 3.33. The van der Waals surface area contributed by atoms with Crippen molar-refractivity contribution in [3.05, 3.63) is 54.0 Å². The van der Waals surface area contributed by atoms with Gasteiger partial charge in [0.2, 0.25) is 5.82 Å². The molecule has 0 spiro atoms. The zero-order valence-electron chi connectivity index (χ0n) is 16.9. The lowest BCUT2D eigenvalue weighted by molar-refractivity contribution is 0.396. The Hall–Kier alpha value is -2.56. The van der Waals surface area contributed by atoms with Gasteiger partial charge in [-0.25, -0.2) is 4.98 Å². The average Bonchev–Trinajstić information content (AvgIpc) is 3.39. The number of rotatable bonds is 8. The van der Waals surface area contributed by atoms with Gasteiger partial charge < -0.3 is 19.4 Å². The molecule has 0 amide bonds. The van der Waals surface area contributed by atoms with Crippen molar-refractivity contribution in [1.82, 2.24) is 25.4 Å². The summed E-state index contributed by atoms with van der Waals surface area (Å²) in [5.41, 5.74) is 1.11. The van der Waals surface area contributed by atoms with Gasteiger partial charge in [0, 0.05) is 38.7 Å². The van der Waals surface area contributed by atoms with Crippen molar-refractivity contribution in [3.63, 3.8) is 0 Å². The molecule has 3 aromatic rings. The Morgan fingerprint density at radius 3 is 2.83 bits per heavy atom. The average molecular weight is 510 g/mol. The highest BCUT2D eigenvalue weighted by Crippen LogP contribution is 2.19. The van der Waals surface area contributed by atoms with Crippen LogP contribution in [0, 0.1) is 0 Å². The molecule has 9 heteroatoms. The maximum atomic E-state index is 5.44. The third-order valence-electron chi connectivity index (χ3n) is 4.18. The second-order valence-corrected chi connectivity index (χ2v) is 6.24. The number of para-hydroxylation sites is 1. The Morgan fingerprint density at radius 1 is 1.28 bits per heavy atom. The molecule has 0 saturated carbocycles. The van der Waals surface area contributed by atoms with E-state index in [-0.39, 0.29) is 24.0 Å². The SMILES string of the molecule is CCNC(=NCCc1nc(-c2ccco2)n[nH]1)N(C)Cc1ccccc1OC.I. The van der Waals surface area contributed by atoms with E-state index in [0.29, 0.717) is 31.1 Å². The molecule has 2 N–H and O–H groups in total. The molecule has 3 rings (SSSR count). The van der Waals surface area contributed by atoms with Crippen molar-refractivity contribution in [2.75, 3.05) is 27.2 Å². The molecule has 0 fully saturated rings. The number of methoxy groups -OCH3 is 1. The van der Waals surface area contributed by atoms with E-state index in [9.17, 15) is 0 Å². The van der Waals surface area contributed by atoms with Crippen molar-refractivity contribution in [2.24, 2.45) is 4.99 Å². The van der Waals surface area contributed by atoms with Crippen LogP contribution in [0.1, 0.15) is 18.3 Å². The zero-order valence-corrected chi connectivity index (χ0v) is 19.2. The van der Waals surface area contributed by atoms with Crippen LogP contribution in [0.3, 0.4) is 0 Å². The van der Waals surface area contributed by atoms with E-state index in [2.05, 4.69) is 38.4 Å². The summed E-state index contributed by atoms with van der Waals surface area (Å²) in [4.78, 5) is 11.2. The Kier molecular flexibility index (Phi) is 8.97. The first-order valence-corrected chi connectivity index (χ1v) is 9.27. The van der Waals surface area contributed by atoms with Crippen LogP contribution in [0.25, 0.3) is 11.6 Å². The zero-order chi connectivity index (χ0) is 19.8. The van der Waals surface area contributed by atoms with Crippen molar-refractivity contribution < 1.29 is 9.15 Å². The summed E-state index contributed by atoms with van der Waals surface area (Å²) in [6, 6.07) is 11.7. The number of nitrogens with one attached hydrogen (secondary N) is 2. The first-order chi connectivity index (χ1) is 13.7. The Labute approximate surface area is 187 Å². The first-order valence-electron chi connectivity index (χ1n) is 9.27. The lowest BCUT2D eigenvalue weighted by atomic mass is 10.2.